The third-order valence-corrected chi connectivity index (χ3v) is 3.98. The van der Waals surface area contributed by atoms with Crippen molar-refractivity contribution in [2.24, 2.45) is 5.73 Å². The predicted octanol–water partition coefficient (Wildman–Crippen LogP) is 4.59. The minimum atomic E-state index is 0. The molecule has 6 heteroatoms. The Bertz CT molecular complexity index is 843. The van der Waals surface area contributed by atoms with Crippen molar-refractivity contribution in [1.82, 2.24) is 4.98 Å². The second-order valence-electron chi connectivity index (χ2n) is 5.97. The highest BCUT2D eigenvalue weighted by Gasteiger charge is 2.08. The molecule has 0 amide bonds. The van der Waals surface area contributed by atoms with E-state index in [1.807, 2.05) is 61.5 Å². The molecule has 0 saturated carbocycles. The van der Waals surface area contributed by atoms with Gasteiger partial charge in [-0.3, -0.25) is 0 Å². The molecule has 0 aliphatic rings. The van der Waals surface area contributed by atoms with E-state index in [1.54, 1.807) is 0 Å². The maximum atomic E-state index is 5.87. The first-order valence-corrected chi connectivity index (χ1v) is 8.98. The van der Waals surface area contributed by atoms with E-state index >= 15 is 0 Å². The highest BCUT2D eigenvalue weighted by Crippen LogP contribution is 2.30. The average Bonchev–Trinajstić information content (AvgIpc) is 2.68. The van der Waals surface area contributed by atoms with Crippen molar-refractivity contribution >= 4 is 40.6 Å². The third-order valence-electron chi connectivity index (χ3n) is 3.98. The summed E-state index contributed by atoms with van der Waals surface area (Å²) >= 11 is 0. The summed E-state index contributed by atoms with van der Waals surface area (Å²) in [6, 6.07) is 18.0. The van der Waals surface area contributed by atoms with Crippen LogP contribution in [0.2, 0.25) is 0 Å². The molecule has 2 aromatic carbocycles. The van der Waals surface area contributed by atoms with E-state index in [-0.39, 0.29) is 24.0 Å². The SMILES string of the molecule is CCOc1cc(NCCCN)c2nc(OCc3ccccc3)ccc2c1.I. The normalized spacial score (nSPS) is 10.3. The summed E-state index contributed by atoms with van der Waals surface area (Å²) < 4.78 is 11.5. The number of pyridine rings is 1. The summed E-state index contributed by atoms with van der Waals surface area (Å²) in [7, 11) is 0. The molecule has 0 saturated heterocycles. The Kier molecular flexibility index (Phi) is 8.60. The molecule has 0 atom stereocenters. The summed E-state index contributed by atoms with van der Waals surface area (Å²) in [6.45, 7) is 4.53. The van der Waals surface area contributed by atoms with Crippen LogP contribution in [0.1, 0.15) is 18.9 Å². The Morgan fingerprint density at radius 2 is 1.85 bits per heavy atom. The van der Waals surface area contributed by atoms with Crippen LogP contribution in [0.3, 0.4) is 0 Å². The van der Waals surface area contributed by atoms with Crippen molar-refractivity contribution in [3.63, 3.8) is 0 Å². The van der Waals surface area contributed by atoms with Gasteiger partial charge in [0.25, 0.3) is 0 Å². The number of ether oxygens (including phenoxy) is 2. The van der Waals surface area contributed by atoms with Crippen molar-refractivity contribution in [2.75, 3.05) is 25.0 Å². The van der Waals surface area contributed by atoms with Crippen LogP contribution in [-0.4, -0.2) is 24.7 Å². The molecule has 0 radical (unpaired) electrons. The fourth-order valence-electron chi connectivity index (χ4n) is 2.71. The van der Waals surface area contributed by atoms with E-state index in [1.165, 1.54) is 0 Å². The van der Waals surface area contributed by atoms with E-state index in [9.17, 15) is 0 Å². The number of halogens is 1. The molecule has 5 nitrogen and oxygen atoms in total. The topological polar surface area (TPSA) is 69.4 Å². The highest BCUT2D eigenvalue weighted by atomic mass is 127. The molecule has 0 spiro atoms. The number of anilines is 1. The summed E-state index contributed by atoms with van der Waals surface area (Å²) in [5.74, 6) is 1.43. The Morgan fingerprint density at radius 1 is 1.04 bits per heavy atom. The summed E-state index contributed by atoms with van der Waals surface area (Å²) in [4.78, 5) is 4.70. The van der Waals surface area contributed by atoms with Crippen molar-refractivity contribution in [2.45, 2.75) is 20.0 Å². The van der Waals surface area contributed by atoms with E-state index in [4.69, 9.17) is 20.2 Å². The Labute approximate surface area is 177 Å². The lowest BCUT2D eigenvalue weighted by Gasteiger charge is -2.13. The fourth-order valence-corrected chi connectivity index (χ4v) is 2.71. The molecule has 3 rings (SSSR count). The van der Waals surface area contributed by atoms with Crippen molar-refractivity contribution in [3.05, 3.63) is 60.2 Å². The summed E-state index contributed by atoms with van der Waals surface area (Å²) in [5, 5.41) is 4.42. The first-order chi connectivity index (χ1) is 12.8. The minimum Gasteiger partial charge on any atom is -0.494 e. The first-order valence-electron chi connectivity index (χ1n) is 8.98. The Balaban J connectivity index is 0.00000261. The van der Waals surface area contributed by atoms with Gasteiger partial charge in [-0.05, 0) is 37.6 Å². The lowest BCUT2D eigenvalue weighted by Crippen LogP contribution is -2.09. The monoisotopic (exact) mass is 479 g/mol. The van der Waals surface area contributed by atoms with E-state index in [2.05, 4.69) is 5.32 Å². The van der Waals surface area contributed by atoms with Crippen LogP contribution in [0, 0.1) is 0 Å². The molecule has 3 N–H and O–H groups in total. The van der Waals surface area contributed by atoms with Crippen molar-refractivity contribution < 1.29 is 9.47 Å². The molecule has 0 aliphatic carbocycles. The van der Waals surface area contributed by atoms with E-state index in [0.717, 1.165) is 40.9 Å². The van der Waals surface area contributed by atoms with Gasteiger partial charge in [-0.25, -0.2) is 4.98 Å². The highest BCUT2D eigenvalue weighted by molar-refractivity contribution is 14.0. The van der Waals surface area contributed by atoms with Gasteiger partial charge in [0.05, 0.1) is 17.8 Å². The van der Waals surface area contributed by atoms with Crippen LogP contribution < -0.4 is 20.5 Å². The molecule has 1 aromatic heterocycles. The number of benzene rings is 2. The summed E-state index contributed by atoms with van der Waals surface area (Å²) in [6.07, 6.45) is 0.893. The lowest BCUT2D eigenvalue weighted by molar-refractivity contribution is 0.295. The third kappa shape index (κ3) is 5.97. The number of aromatic nitrogens is 1. The zero-order valence-electron chi connectivity index (χ0n) is 15.5. The van der Waals surface area contributed by atoms with Gasteiger partial charge in [0.1, 0.15) is 12.4 Å². The molecule has 3 aromatic rings. The minimum absolute atomic E-state index is 0. The number of nitrogens with one attached hydrogen (secondary N) is 1. The standard InChI is InChI=1S/C21H25N3O2.HI/c1-2-25-18-13-17-9-10-20(26-15-16-7-4-3-5-8-16)24-21(17)19(14-18)23-12-6-11-22;/h3-5,7-10,13-14,23H,2,6,11-12,15,22H2,1H3;1H. The number of rotatable bonds is 9. The maximum Gasteiger partial charge on any atom is 0.214 e. The number of fused-ring (bicyclic) bond motifs is 1. The lowest BCUT2D eigenvalue weighted by atomic mass is 10.1. The maximum absolute atomic E-state index is 5.87. The molecular formula is C21H26IN3O2. The second kappa shape index (κ2) is 10.9. The zero-order chi connectivity index (χ0) is 18.2. The van der Waals surface area contributed by atoms with Gasteiger partial charge in [-0.15, -0.1) is 24.0 Å². The molecule has 0 unspecified atom stereocenters. The van der Waals surface area contributed by atoms with Gasteiger partial charge in [-0.2, -0.15) is 0 Å². The number of hydrogen-bond acceptors (Lipinski definition) is 5. The van der Waals surface area contributed by atoms with E-state index < -0.39 is 0 Å². The molecular weight excluding hydrogens is 453 g/mol. The Morgan fingerprint density at radius 3 is 2.59 bits per heavy atom. The van der Waals surface area contributed by atoms with Crippen LogP contribution >= 0.6 is 24.0 Å². The fraction of sp³-hybridized carbons (Fsp3) is 0.286. The molecule has 0 bridgehead atoms. The quantitative estimate of drug-likeness (QED) is 0.347. The second-order valence-corrected chi connectivity index (χ2v) is 5.97. The van der Waals surface area contributed by atoms with Gasteiger partial charge in [0.2, 0.25) is 5.88 Å². The first kappa shape index (κ1) is 21.2. The molecule has 1 heterocycles. The molecule has 0 aliphatic heterocycles. The van der Waals surface area contributed by atoms with Crippen LogP contribution in [0.5, 0.6) is 11.6 Å². The van der Waals surface area contributed by atoms with Crippen molar-refractivity contribution in [3.8, 4) is 11.6 Å². The summed E-state index contributed by atoms with van der Waals surface area (Å²) in [5.41, 5.74) is 8.52. The van der Waals surface area contributed by atoms with Gasteiger partial charge >= 0.3 is 0 Å². The molecule has 144 valence electrons. The van der Waals surface area contributed by atoms with Gasteiger partial charge in [0, 0.05) is 24.1 Å². The number of nitrogens with zero attached hydrogens (tertiary/aromatic N) is 1. The predicted molar refractivity (Wildman–Crippen MR) is 121 cm³/mol. The van der Waals surface area contributed by atoms with Crippen LogP contribution in [0.15, 0.2) is 54.6 Å². The zero-order valence-corrected chi connectivity index (χ0v) is 17.8. The Hall–Kier alpha value is -2.06. The van der Waals surface area contributed by atoms with Crippen LogP contribution in [0.4, 0.5) is 5.69 Å². The van der Waals surface area contributed by atoms with Crippen LogP contribution in [-0.2, 0) is 6.61 Å². The average molecular weight is 479 g/mol. The number of nitrogens with two attached hydrogens (primary N) is 1. The van der Waals surface area contributed by atoms with Crippen LogP contribution in [0.25, 0.3) is 10.9 Å². The smallest absolute Gasteiger partial charge is 0.214 e. The van der Waals surface area contributed by atoms with Crippen molar-refractivity contribution in [1.29, 1.82) is 0 Å². The van der Waals surface area contributed by atoms with E-state index in [0.29, 0.717) is 25.6 Å². The molecule has 27 heavy (non-hydrogen) atoms. The number of hydrogen-bond donors (Lipinski definition) is 2. The van der Waals surface area contributed by atoms with Gasteiger partial charge in [0.15, 0.2) is 0 Å². The largest absolute Gasteiger partial charge is 0.494 e. The molecule has 0 fully saturated rings. The van der Waals surface area contributed by atoms with Gasteiger partial charge in [-0.1, -0.05) is 30.3 Å². The van der Waals surface area contributed by atoms with Gasteiger partial charge < -0.3 is 20.5 Å².